The van der Waals surface area contributed by atoms with Gasteiger partial charge in [0.1, 0.15) is 0 Å². The van der Waals surface area contributed by atoms with Gasteiger partial charge in [-0.25, -0.2) is 9.52 Å². The van der Waals surface area contributed by atoms with Gasteiger partial charge in [0.2, 0.25) is 0 Å². The Hall–Kier alpha value is -0.860. The number of aliphatic hydroxyl groups is 1. The third kappa shape index (κ3) is 3.82. The fourth-order valence-electron chi connectivity index (χ4n) is 2.03. The Morgan fingerprint density at radius 1 is 1.44 bits per heavy atom. The van der Waals surface area contributed by atoms with Gasteiger partial charge >= 0.3 is 16.3 Å². The number of ether oxygens (including phenoxy) is 1. The molecule has 0 saturated heterocycles. The maximum Gasteiger partial charge on any atom is 0.421 e. The number of nitrogens with one attached hydrogen (secondary N) is 1. The molecule has 7 nitrogen and oxygen atoms in total. The number of nitrogens with zero attached hydrogens (tertiary/aromatic N) is 1. The quantitative estimate of drug-likeness (QED) is 0.767. The predicted molar refractivity (Wildman–Crippen MR) is 65.1 cm³/mol. The van der Waals surface area contributed by atoms with E-state index in [1.807, 2.05) is 0 Å². The van der Waals surface area contributed by atoms with Crippen LogP contribution in [-0.4, -0.2) is 49.7 Å². The number of carbonyl (C=O) groups is 1. The van der Waals surface area contributed by atoms with Gasteiger partial charge in [-0.2, -0.15) is 12.7 Å². The zero-order valence-electron chi connectivity index (χ0n) is 10.6. The van der Waals surface area contributed by atoms with E-state index < -0.39 is 28.4 Å². The summed E-state index contributed by atoms with van der Waals surface area (Å²) in [4.78, 5) is 11.1. The van der Waals surface area contributed by atoms with Crippen LogP contribution in [0.4, 0.5) is 4.79 Å². The van der Waals surface area contributed by atoms with Gasteiger partial charge in [0.15, 0.2) is 0 Å². The molecule has 18 heavy (non-hydrogen) atoms. The molecule has 106 valence electrons. The molecule has 1 aliphatic carbocycles. The molecule has 1 amide bonds. The van der Waals surface area contributed by atoms with Gasteiger partial charge in [0.05, 0.1) is 18.8 Å². The lowest BCUT2D eigenvalue weighted by molar-refractivity contribution is 0.0631. The smallest absolute Gasteiger partial charge is 0.421 e. The Bertz CT molecular complexity index is 384. The van der Waals surface area contributed by atoms with E-state index in [-0.39, 0.29) is 6.61 Å². The lowest BCUT2D eigenvalue weighted by Crippen LogP contribution is -2.51. The average molecular weight is 280 g/mol. The summed E-state index contributed by atoms with van der Waals surface area (Å²) < 4.78 is 31.1. The molecule has 2 N–H and O–H groups in total. The Morgan fingerprint density at radius 3 is 2.61 bits per heavy atom. The van der Waals surface area contributed by atoms with Gasteiger partial charge in [-0.05, 0) is 19.8 Å². The van der Waals surface area contributed by atoms with Gasteiger partial charge in [-0.15, -0.1) is 0 Å². The standard InChI is InChI=1S/C10H20N2O5S/c1-3-17-10(14)11-18(15,16)12(2)8-6-4-5-7-9(8)13/h8-9,13H,3-7H2,1-2H3,(H,11,14). The topological polar surface area (TPSA) is 95.9 Å². The fourth-order valence-corrected chi connectivity index (χ4v) is 3.05. The van der Waals surface area contributed by atoms with Crippen molar-refractivity contribution in [3.63, 3.8) is 0 Å². The van der Waals surface area contributed by atoms with Crippen LogP contribution in [0.3, 0.4) is 0 Å². The minimum absolute atomic E-state index is 0.0944. The number of aliphatic hydroxyl groups excluding tert-OH is 1. The molecule has 1 aliphatic rings. The highest BCUT2D eigenvalue weighted by Crippen LogP contribution is 2.23. The highest BCUT2D eigenvalue weighted by Gasteiger charge is 2.34. The molecular formula is C10H20N2O5S. The lowest BCUT2D eigenvalue weighted by Gasteiger charge is -2.33. The molecule has 0 aliphatic heterocycles. The number of amides is 1. The number of likely N-dealkylation sites (N-methyl/N-ethyl adjacent to an activating group) is 1. The zero-order valence-corrected chi connectivity index (χ0v) is 11.4. The molecule has 1 saturated carbocycles. The monoisotopic (exact) mass is 280 g/mol. The van der Waals surface area contributed by atoms with E-state index in [1.54, 1.807) is 11.6 Å². The molecular weight excluding hydrogens is 260 g/mol. The second-order valence-electron chi connectivity index (χ2n) is 4.26. The first kappa shape index (κ1) is 15.2. The van der Waals surface area contributed by atoms with Crippen LogP contribution in [0.25, 0.3) is 0 Å². The third-order valence-corrected chi connectivity index (χ3v) is 4.48. The van der Waals surface area contributed by atoms with Crippen molar-refractivity contribution >= 4 is 16.3 Å². The van der Waals surface area contributed by atoms with Crippen LogP contribution in [0.5, 0.6) is 0 Å². The summed E-state index contributed by atoms with van der Waals surface area (Å²) in [5.41, 5.74) is 0. The average Bonchev–Trinajstić information content (AvgIpc) is 2.28. The molecule has 2 unspecified atom stereocenters. The lowest BCUT2D eigenvalue weighted by atomic mass is 9.93. The first-order valence-corrected chi connectivity index (χ1v) is 7.43. The van der Waals surface area contributed by atoms with Gasteiger partial charge in [0, 0.05) is 7.05 Å². The SMILES string of the molecule is CCOC(=O)NS(=O)(=O)N(C)C1CCCCC1O. The molecule has 1 rings (SSSR count). The molecule has 1 fully saturated rings. The number of carbonyl (C=O) groups excluding carboxylic acids is 1. The van der Waals surface area contributed by atoms with Crippen LogP contribution in [0.15, 0.2) is 0 Å². The van der Waals surface area contributed by atoms with E-state index in [0.717, 1.165) is 17.1 Å². The number of rotatable bonds is 4. The number of hydrogen-bond donors (Lipinski definition) is 2. The van der Waals surface area contributed by atoms with Crippen molar-refractivity contribution in [2.45, 2.75) is 44.8 Å². The molecule has 2 atom stereocenters. The highest BCUT2D eigenvalue weighted by atomic mass is 32.2. The Labute approximate surface area is 107 Å². The van der Waals surface area contributed by atoms with Crippen molar-refractivity contribution in [2.75, 3.05) is 13.7 Å². The van der Waals surface area contributed by atoms with Crippen LogP contribution in [0.1, 0.15) is 32.6 Å². The normalized spacial score (nSPS) is 24.9. The minimum atomic E-state index is -3.97. The maximum absolute atomic E-state index is 11.9. The summed E-state index contributed by atoms with van der Waals surface area (Å²) in [6.07, 6.45) is 1.21. The Morgan fingerprint density at radius 2 is 2.06 bits per heavy atom. The van der Waals surface area contributed by atoms with E-state index in [9.17, 15) is 18.3 Å². The summed E-state index contributed by atoms with van der Waals surface area (Å²) in [5, 5.41) is 9.79. The van der Waals surface area contributed by atoms with Gasteiger partial charge in [-0.3, -0.25) is 0 Å². The van der Waals surface area contributed by atoms with Gasteiger partial charge < -0.3 is 9.84 Å². The maximum atomic E-state index is 11.9. The molecule has 0 aromatic carbocycles. The first-order chi connectivity index (χ1) is 8.38. The van der Waals surface area contributed by atoms with Crippen molar-refractivity contribution in [3.05, 3.63) is 0 Å². The van der Waals surface area contributed by atoms with Crippen LogP contribution in [-0.2, 0) is 14.9 Å². The molecule has 0 aromatic heterocycles. The summed E-state index contributed by atoms with van der Waals surface area (Å²) in [7, 11) is -2.62. The number of hydrogen-bond acceptors (Lipinski definition) is 5. The van der Waals surface area contributed by atoms with E-state index in [1.165, 1.54) is 7.05 Å². The van der Waals surface area contributed by atoms with Crippen molar-refractivity contribution in [3.8, 4) is 0 Å². The summed E-state index contributed by atoms with van der Waals surface area (Å²) >= 11 is 0. The predicted octanol–water partition coefficient (Wildman–Crippen LogP) is 0.213. The van der Waals surface area contributed by atoms with Crippen molar-refractivity contribution in [1.29, 1.82) is 0 Å². The fraction of sp³-hybridized carbons (Fsp3) is 0.900. The summed E-state index contributed by atoms with van der Waals surface area (Å²) in [6, 6.07) is -0.495. The van der Waals surface area contributed by atoms with Crippen LogP contribution in [0.2, 0.25) is 0 Å². The Kier molecular flexibility index (Phi) is 5.36. The minimum Gasteiger partial charge on any atom is -0.449 e. The third-order valence-electron chi connectivity index (χ3n) is 3.03. The second kappa shape index (κ2) is 6.35. The van der Waals surface area contributed by atoms with Crippen molar-refractivity contribution in [1.82, 2.24) is 9.03 Å². The van der Waals surface area contributed by atoms with E-state index in [2.05, 4.69) is 4.74 Å². The largest absolute Gasteiger partial charge is 0.449 e. The zero-order chi connectivity index (χ0) is 13.8. The van der Waals surface area contributed by atoms with E-state index in [4.69, 9.17) is 0 Å². The molecule has 0 heterocycles. The Balaban J connectivity index is 2.68. The van der Waals surface area contributed by atoms with Crippen LogP contribution < -0.4 is 4.72 Å². The molecule has 0 radical (unpaired) electrons. The van der Waals surface area contributed by atoms with Crippen molar-refractivity contribution < 1.29 is 23.1 Å². The molecule has 0 spiro atoms. The van der Waals surface area contributed by atoms with Crippen LogP contribution in [0, 0.1) is 0 Å². The van der Waals surface area contributed by atoms with Gasteiger partial charge in [-0.1, -0.05) is 12.8 Å². The van der Waals surface area contributed by atoms with Crippen LogP contribution >= 0.6 is 0 Å². The second-order valence-corrected chi connectivity index (χ2v) is 5.99. The molecule has 8 heteroatoms. The van der Waals surface area contributed by atoms with E-state index in [0.29, 0.717) is 12.8 Å². The highest BCUT2D eigenvalue weighted by molar-refractivity contribution is 7.87. The van der Waals surface area contributed by atoms with Crippen molar-refractivity contribution in [2.24, 2.45) is 0 Å². The first-order valence-electron chi connectivity index (χ1n) is 5.99. The van der Waals surface area contributed by atoms with Gasteiger partial charge in [0.25, 0.3) is 0 Å². The summed E-state index contributed by atoms with van der Waals surface area (Å²) in [5.74, 6) is 0. The summed E-state index contributed by atoms with van der Waals surface area (Å²) in [6.45, 7) is 1.68. The molecule has 0 aromatic rings. The van der Waals surface area contributed by atoms with E-state index >= 15 is 0 Å². The molecule has 0 bridgehead atoms.